The number of nitrogens with zero attached hydrogens (tertiary/aromatic N) is 4. The van der Waals surface area contributed by atoms with Gasteiger partial charge in [0, 0.05) is 32.8 Å². The Morgan fingerprint density at radius 1 is 0.357 bits per heavy atom. The zero-order chi connectivity index (χ0) is 37.0. The molecule has 0 saturated heterocycles. The van der Waals surface area contributed by atoms with E-state index in [1.165, 1.54) is 16.7 Å². The minimum atomic E-state index is 0.608. The normalized spacial score (nSPS) is 11.6. The summed E-state index contributed by atoms with van der Waals surface area (Å²) in [5, 5.41) is 4.36. The lowest BCUT2D eigenvalue weighted by Gasteiger charge is -2.14. The van der Waals surface area contributed by atoms with Crippen molar-refractivity contribution in [3.8, 4) is 62.1 Å². The summed E-state index contributed by atoms with van der Waals surface area (Å²) in [5.41, 5.74) is 12.2. The average molecular weight is 717 g/mol. The zero-order valence-electron chi connectivity index (χ0n) is 30.2. The van der Waals surface area contributed by atoms with Gasteiger partial charge >= 0.3 is 0 Å². The predicted molar refractivity (Wildman–Crippen MR) is 229 cm³/mol. The molecule has 0 N–H and O–H groups in total. The lowest BCUT2D eigenvalue weighted by molar-refractivity contribution is 0.669. The summed E-state index contributed by atoms with van der Waals surface area (Å²) in [4.78, 5) is 15.4. The molecule has 0 fully saturated rings. The summed E-state index contributed by atoms with van der Waals surface area (Å²) >= 11 is 0. The van der Waals surface area contributed by atoms with E-state index in [1.54, 1.807) is 0 Å². The molecule has 0 amide bonds. The first-order valence-electron chi connectivity index (χ1n) is 18.8. The van der Waals surface area contributed by atoms with E-state index in [1.807, 2.05) is 60.7 Å². The Hall–Kier alpha value is -7.63. The Balaban J connectivity index is 1.19. The predicted octanol–water partition coefficient (Wildman–Crippen LogP) is 13.2. The fourth-order valence-corrected chi connectivity index (χ4v) is 8.14. The number of rotatable bonds is 6. The Morgan fingerprint density at radius 3 is 1.62 bits per heavy atom. The Labute approximate surface area is 322 Å². The van der Waals surface area contributed by atoms with Gasteiger partial charge in [0.25, 0.3) is 0 Å². The molecule has 5 nitrogen and oxygen atoms in total. The summed E-state index contributed by atoms with van der Waals surface area (Å²) < 4.78 is 8.99. The molecule has 0 aliphatic carbocycles. The average Bonchev–Trinajstić information content (AvgIpc) is 3.83. The van der Waals surface area contributed by atoms with Gasteiger partial charge in [0.05, 0.1) is 22.1 Å². The van der Waals surface area contributed by atoms with E-state index in [9.17, 15) is 0 Å². The van der Waals surface area contributed by atoms with Crippen LogP contribution in [-0.2, 0) is 0 Å². The van der Waals surface area contributed by atoms with Gasteiger partial charge < -0.3 is 8.98 Å². The molecule has 0 aliphatic rings. The third kappa shape index (κ3) is 5.21. The molecular weight excluding hydrogens is 685 g/mol. The highest BCUT2D eigenvalue weighted by atomic mass is 16.3. The molecular formula is C51H32N4O. The fraction of sp³-hybridized carbons (Fsp3) is 0. The van der Waals surface area contributed by atoms with Gasteiger partial charge in [-0.25, -0.2) is 15.0 Å². The van der Waals surface area contributed by atoms with Gasteiger partial charge in [-0.15, -0.1) is 0 Å². The van der Waals surface area contributed by atoms with Crippen LogP contribution in [0.4, 0.5) is 0 Å². The molecule has 3 aromatic heterocycles. The SMILES string of the molecule is c1ccc(-c2nc(-c3ccccc3)nc(-c3cccc4c5ccccc5n(-c5cccc6oc7ccc(-c8ccccc8-c8ccccc8)cc7c56)c34)n2)cc1. The lowest BCUT2D eigenvalue weighted by Crippen LogP contribution is -2.02. The van der Waals surface area contributed by atoms with Crippen molar-refractivity contribution >= 4 is 43.7 Å². The molecule has 0 radical (unpaired) electrons. The first-order valence-corrected chi connectivity index (χ1v) is 18.8. The second-order valence-corrected chi connectivity index (χ2v) is 14.0. The van der Waals surface area contributed by atoms with Crippen molar-refractivity contribution < 1.29 is 4.42 Å². The van der Waals surface area contributed by atoms with Crippen LogP contribution < -0.4 is 0 Å². The van der Waals surface area contributed by atoms with Crippen molar-refractivity contribution in [2.24, 2.45) is 0 Å². The standard InChI is InChI=1S/C51H32N4O/c1-4-16-33(17-5-1)37-22-10-11-23-38(37)36-30-31-45-42(32-36)47-44(28-15-29-46(47)56-45)55-43-27-13-12-24-39(43)40-25-14-26-41(48(40)55)51-53-49(34-18-6-2-7-19-34)52-50(54-51)35-20-8-3-9-21-35/h1-32H. The van der Waals surface area contributed by atoms with E-state index in [0.29, 0.717) is 17.5 Å². The maximum Gasteiger partial charge on any atom is 0.166 e. The molecule has 0 bridgehead atoms. The van der Waals surface area contributed by atoms with Crippen LogP contribution in [0.5, 0.6) is 0 Å². The zero-order valence-corrected chi connectivity index (χ0v) is 30.2. The van der Waals surface area contributed by atoms with Crippen molar-refractivity contribution in [2.45, 2.75) is 0 Å². The van der Waals surface area contributed by atoms with Gasteiger partial charge in [0.2, 0.25) is 0 Å². The van der Waals surface area contributed by atoms with E-state index < -0.39 is 0 Å². The number of para-hydroxylation sites is 2. The number of hydrogen-bond acceptors (Lipinski definition) is 4. The van der Waals surface area contributed by atoms with Gasteiger partial charge in [-0.05, 0) is 58.7 Å². The number of benzene rings is 8. The van der Waals surface area contributed by atoms with Crippen molar-refractivity contribution in [3.05, 3.63) is 194 Å². The number of hydrogen-bond donors (Lipinski definition) is 0. The highest BCUT2D eigenvalue weighted by Crippen LogP contribution is 2.43. The van der Waals surface area contributed by atoms with Crippen LogP contribution in [0.25, 0.3) is 106 Å². The molecule has 11 aromatic rings. The summed E-state index contributed by atoms with van der Waals surface area (Å²) in [7, 11) is 0. The van der Waals surface area contributed by atoms with Gasteiger partial charge in [-0.3, -0.25) is 0 Å². The van der Waals surface area contributed by atoms with Crippen LogP contribution in [0, 0.1) is 0 Å². The fourth-order valence-electron chi connectivity index (χ4n) is 8.14. The van der Waals surface area contributed by atoms with Crippen molar-refractivity contribution in [1.29, 1.82) is 0 Å². The van der Waals surface area contributed by atoms with Crippen molar-refractivity contribution in [1.82, 2.24) is 19.5 Å². The molecule has 262 valence electrons. The third-order valence-corrected chi connectivity index (χ3v) is 10.7. The maximum absolute atomic E-state index is 6.62. The minimum Gasteiger partial charge on any atom is -0.456 e. The Morgan fingerprint density at radius 2 is 0.911 bits per heavy atom. The van der Waals surface area contributed by atoms with Gasteiger partial charge in [0.1, 0.15) is 11.2 Å². The number of aromatic nitrogens is 4. The van der Waals surface area contributed by atoms with Crippen molar-refractivity contribution in [3.63, 3.8) is 0 Å². The molecule has 0 unspecified atom stereocenters. The Kier molecular flexibility index (Phi) is 7.42. The van der Waals surface area contributed by atoms with E-state index >= 15 is 0 Å². The highest BCUT2D eigenvalue weighted by molar-refractivity contribution is 6.17. The minimum absolute atomic E-state index is 0.608. The summed E-state index contributed by atoms with van der Waals surface area (Å²) in [6.45, 7) is 0. The number of furan rings is 1. The van der Waals surface area contributed by atoms with Crippen LogP contribution in [-0.4, -0.2) is 19.5 Å². The van der Waals surface area contributed by atoms with E-state index in [4.69, 9.17) is 19.4 Å². The van der Waals surface area contributed by atoms with Gasteiger partial charge in [-0.2, -0.15) is 0 Å². The molecule has 8 aromatic carbocycles. The third-order valence-electron chi connectivity index (χ3n) is 10.7. The monoisotopic (exact) mass is 716 g/mol. The molecule has 0 spiro atoms. The largest absolute Gasteiger partial charge is 0.456 e. The maximum atomic E-state index is 6.62. The van der Waals surface area contributed by atoms with Crippen LogP contribution in [0.3, 0.4) is 0 Å². The quantitative estimate of drug-likeness (QED) is 0.172. The molecule has 5 heteroatoms. The van der Waals surface area contributed by atoms with Crippen LogP contribution in [0.1, 0.15) is 0 Å². The molecule has 0 aliphatic heterocycles. The summed E-state index contributed by atoms with van der Waals surface area (Å²) in [5.74, 6) is 1.86. The topological polar surface area (TPSA) is 56.7 Å². The first kappa shape index (κ1) is 31.9. The molecule has 3 heterocycles. The second kappa shape index (κ2) is 13.0. The highest BCUT2D eigenvalue weighted by Gasteiger charge is 2.23. The lowest BCUT2D eigenvalue weighted by atomic mass is 9.94. The van der Waals surface area contributed by atoms with Crippen LogP contribution in [0.15, 0.2) is 199 Å². The number of fused-ring (bicyclic) bond motifs is 6. The van der Waals surface area contributed by atoms with Gasteiger partial charge in [-0.1, -0.05) is 158 Å². The van der Waals surface area contributed by atoms with Crippen molar-refractivity contribution in [2.75, 3.05) is 0 Å². The molecule has 11 rings (SSSR count). The summed E-state index contributed by atoms with van der Waals surface area (Å²) in [6, 6.07) is 67.4. The molecule has 0 atom stereocenters. The molecule has 0 saturated carbocycles. The van der Waals surface area contributed by atoms with Gasteiger partial charge in [0.15, 0.2) is 17.5 Å². The van der Waals surface area contributed by atoms with Crippen LogP contribution in [0.2, 0.25) is 0 Å². The second-order valence-electron chi connectivity index (χ2n) is 14.0. The first-order chi connectivity index (χ1) is 27.8. The summed E-state index contributed by atoms with van der Waals surface area (Å²) in [6.07, 6.45) is 0. The smallest absolute Gasteiger partial charge is 0.166 e. The Bertz CT molecular complexity index is 3180. The van der Waals surface area contributed by atoms with Crippen LogP contribution >= 0.6 is 0 Å². The van der Waals surface area contributed by atoms with E-state index in [0.717, 1.165) is 71.7 Å². The van der Waals surface area contributed by atoms with E-state index in [2.05, 4.69) is 138 Å². The molecule has 56 heavy (non-hydrogen) atoms. The van der Waals surface area contributed by atoms with E-state index in [-0.39, 0.29) is 0 Å².